The third-order valence-electron chi connectivity index (χ3n) is 3.06. The Kier molecular flexibility index (Phi) is 4.90. The first-order valence-electron chi connectivity index (χ1n) is 6.92. The fourth-order valence-corrected chi connectivity index (χ4v) is 1.77. The van der Waals surface area contributed by atoms with E-state index in [1.54, 1.807) is 12.1 Å². The van der Waals surface area contributed by atoms with Crippen LogP contribution in [0.4, 0.5) is 20.3 Å². The van der Waals surface area contributed by atoms with Gasteiger partial charge in [-0.1, -0.05) is 0 Å². The van der Waals surface area contributed by atoms with Crippen molar-refractivity contribution in [1.82, 2.24) is 4.98 Å². The summed E-state index contributed by atoms with van der Waals surface area (Å²) in [5.74, 6) is -2.12. The second-order valence-corrected chi connectivity index (χ2v) is 5.68. The molecule has 1 amide bonds. The van der Waals surface area contributed by atoms with Crippen molar-refractivity contribution in [2.24, 2.45) is 0 Å². The summed E-state index contributed by atoms with van der Waals surface area (Å²) < 4.78 is 26.0. The molecule has 0 aliphatic carbocycles. The molecule has 1 aromatic carbocycles. The van der Waals surface area contributed by atoms with Gasteiger partial charge in [0.15, 0.2) is 11.6 Å². The van der Waals surface area contributed by atoms with Gasteiger partial charge in [0.25, 0.3) is 5.91 Å². The Morgan fingerprint density at radius 3 is 2.52 bits per heavy atom. The number of aliphatic hydroxyl groups is 1. The molecule has 0 unspecified atom stereocenters. The number of pyridine rings is 1. The van der Waals surface area contributed by atoms with Gasteiger partial charge in [-0.3, -0.25) is 4.79 Å². The number of nitrogens with zero attached hydrogens (tertiary/aromatic N) is 1. The van der Waals surface area contributed by atoms with Crippen LogP contribution in [-0.2, 0) is 0 Å². The first-order valence-corrected chi connectivity index (χ1v) is 6.92. The number of amides is 1. The molecule has 2 rings (SSSR count). The van der Waals surface area contributed by atoms with Crippen molar-refractivity contribution in [3.05, 3.63) is 53.7 Å². The molecule has 3 N–H and O–H groups in total. The molecule has 0 aliphatic heterocycles. The summed E-state index contributed by atoms with van der Waals surface area (Å²) >= 11 is 0. The molecule has 2 aromatic rings. The maximum atomic E-state index is 13.1. The second kappa shape index (κ2) is 6.70. The lowest BCUT2D eigenvalue weighted by Crippen LogP contribution is -2.35. The number of aliphatic hydroxyl groups excluding tert-OH is 1. The van der Waals surface area contributed by atoms with Crippen LogP contribution in [0.1, 0.15) is 24.2 Å². The summed E-state index contributed by atoms with van der Waals surface area (Å²) in [5, 5.41) is 14.8. The molecule has 23 heavy (non-hydrogen) atoms. The molecule has 7 heteroatoms. The van der Waals surface area contributed by atoms with Gasteiger partial charge in [-0.05, 0) is 44.2 Å². The lowest BCUT2D eigenvalue weighted by Gasteiger charge is -2.24. The quantitative estimate of drug-likeness (QED) is 0.792. The van der Waals surface area contributed by atoms with Crippen LogP contribution >= 0.6 is 0 Å². The van der Waals surface area contributed by atoms with E-state index in [0.717, 1.165) is 12.1 Å². The topological polar surface area (TPSA) is 74.2 Å². The lowest BCUT2D eigenvalue weighted by atomic mass is 10.1. The number of hydrogen-bond donors (Lipinski definition) is 3. The van der Waals surface area contributed by atoms with Crippen LogP contribution in [-0.4, -0.2) is 28.1 Å². The Morgan fingerprint density at radius 1 is 1.22 bits per heavy atom. The molecule has 5 nitrogen and oxygen atoms in total. The van der Waals surface area contributed by atoms with Crippen LogP contribution in [0, 0.1) is 11.6 Å². The van der Waals surface area contributed by atoms with E-state index in [-0.39, 0.29) is 12.2 Å². The Bertz CT molecular complexity index is 703. The Balaban J connectivity index is 2.05. The summed E-state index contributed by atoms with van der Waals surface area (Å²) in [6.07, 6.45) is 1.42. The van der Waals surface area contributed by atoms with Crippen molar-refractivity contribution in [1.29, 1.82) is 0 Å². The highest BCUT2D eigenvalue weighted by Gasteiger charge is 2.16. The van der Waals surface area contributed by atoms with Crippen molar-refractivity contribution in [3.63, 3.8) is 0 Å². The van der Waals surface area contributed by atoms with Gasteiger partial charge in [-0.2, -0.15) is 0 Å². The summed E-state index contributed by atoms with van der Waals surface area (Å²) in [4.78, 5) is 16.1. The van der Waals surface area contributed by atoms with Gasteiger partial charge in [0.05, 0.1) is 24.0 Å². The molecule has 0 radical (unpaired) electrons. The summed E-state index contributed by atoms with van der Waals surface area (Å²) in [5.41, 5.74) is -0.108. The highest BCUT2D eigenvalue weighted by molar-refractivity contribution is 6.04. The van der Waals surface area contributed by atoms with E-state index in [2.05, 4.69) is 15.6 Å². The lowest BCUT2D eigenvalue weighted by molar-refractivity contribution is 0.102. The van der Waals surface area contributed by atoms with Crippen LogP contribution in [0.5, 0.6) is 0 Å². The molecule has 0 atom stereocenters. The zero-order valence-electron chi connectivity index (χ0n) is 12.7. The number of nitrogens with one attached hydrogen (secondary N) is 2. The minimum atomic E-state index is -1.08. The summed E-state index contributed by atoms with van der Waals surface area (Å²) in [6, 6.07) is 6.17. The Morgan fingerprint density at radius 2 is 1.96 bits per heavy atom. The van der Waals surface area contributed by atoms with E-state index in [4.69, 9.17) is 0 Å². The van der Waals surface area contributed by atoms with Crippen LogP contribution < -0.4 is 10.6 Å². The van der Waals surface area contributed by atoms with E-state index in [1.165, 1.54) is 12.3 Å². The van der Waals surface area contributed by atoms with E-state index < -0.39 is 23.1 Å². The first-order chi connectivity index (χ1) is 10.8. The summed E-state index contributed by atoms with van der Waals surface area (Å²) in [6.45, 7) is 3.56. The highest BCUT2D eigenvalue weighted by Crippen LogP contribution is 2.16. The largest absolute Gasteiger partial charge is 0.394 e. The fourth-order valence-electron chi connectivity index (χ4n) is 1.77. The molecule has 0 saturated heterocycles. The van der Waals surface area contributed by atoms with Crippen molar-refractivity contribution >= 4 is 17.4 Å². The molecule has 1 aromatic heterocycles. The number of halogens is 2. The van der Waals surface area contributed by atoms with Gasteiger partial charge in [0, 0.05) is 5.56 Å². The number of rotatable bonds is 5. The van der Waals surface area contributed by atoms with Gasteiger partial charge in [0.2, 0.25) is 0 Å². The molecule has 0 spiro atoms. The van der Waals surface area contributed by atoms with Gasteiger partial charge < -0.3 is 15.7 Å². The van der Waals surface area contributed by atoms with Gasteiger partial charge in [-0.25, -0.2) is 13.8 Å². The monoisotopic (exact) mass is 321 g/mol. The zero-order chi connectivity index (χ0) is 17.0. The maximum Gasteiger partial charge on any atom is 0.255 e. The van der Waals surface area contributed by atoms with E-state index in [0.29, 0.717) is 11.5 Å². The molecular weight excluding hydrogens is 304 g/mol. The average Bonchev–Trinajstić information content (AvgIpc) is 2.51. The van der Waals surface area contributed by atoms with Gasteiger partial charge >= 0.3 is 0 Å². The van der Waals surface area contributed by atoms with Crippen LogP contribution in [0.2, 0.25) is 0 Å². The van der Waals surface area contributed by atoms with Crippen molar-refractivity contribution < 1.29 is 18.7 Å². The predicted octanol–water partition coefficient (Wildman–Crippen LogP) is 2.79. The minimum absolute atomic E-state index is 0.00696. The zero-order valence-corrected chi connectivity index (χ0v) is 12.7. The highest BCUT2D eigenvalue weighted by atomic mass is 19.2. The molecule has 0 saturated carbocycles. The van der Waals surface area contributed by atoms with E-state index >= 15 is 0 Å². The molecule has 1 heterocycles. The van der Waals surface area contributed by atoms with Crippen LogP contribution in [0.25, 0.3) is 0 Å². The van der Waals surface area contributed by atoms with Crippen LogP contribution in [0.3, 0.4) is 0 Å². The summed E-state index contributed by atoms with van der Waals surface area (Å²) in [7, 11) is 0. The van der Waals surface area contributed by atoms with Gasteiger partial charge in [-0.15, -0.1) is 0 Å². The van der Waals surface area contributed by atoms with E-state index in [9.17, 15) is 18.7 Å². The fraction of sp³-hybridized carbons (Fsp3) is 0.250. The molecule has 0 aliphatic rings. The molecule has 122 valence electrons. The number of carbonyl (C=O) groups is 1. The standard InChI is InChI=1S/C16H17F2N3O2/c1-16(2,9-22)21-14-6-4-11(8-19-14)20-15(23)10-3-5-12(17)13(18)7-10/h3-8,22H,9H2,1-2H3,(H,19,21)(H,20,23). The number of anilines is 2. The normalized spacial score (nSPS) is 11.2. The van der Waals surface area contributed by atoms with Crippen molar-refractivity contribution in [3.8, 4) is 0 Å². The molecule has 0 bridgehead atoms. The third kappa shape index (κ3) is 4.46. The Labute approximate surface area is 132 Å². The molecular formula is C16H17F2N3O2. The Hall–Kier alpha value is -2.54. The first kappa shape index (κ1) is 16.8. The van der Waals surface area contributed by atoms with Crippen molar-refractivity contribution in [2.45, 2.75) is 19.4 Å². The second-order valence-electron chi connectivity index (χ2n) is 5.68. The van der Waals surface area contributed by atoms with Crippen molar-refractivity contribution in [2.75, 3.05) is 17.2 Å². The third-order valence-corrected chi connectivity index (χ3v) is 3.06. The SMILES string of the molecule is CC(C)(CO)Nc1ccc(NC(=O)c2ccc(F)c(F)c2)cn1. The number of benzene rings is 1. The van der Waals surface area contributed by atoms with E-state index in [1.807, 2.05) is 13.8 Å². The van der Waals surface area contributed by atoms with Crippen LogP contribution in [0.15, 0.2) is 36.5 Å². The van der Waals surface area contributed by atoms with Gasteiger partial charge in [0.1, 0.15) is 5.82 Å². The smallest absolute Gasteiger partial charge is 0.255 e. The molecule has 0 fully saturated rings. The number of aromatic nitrogens is 1. The minimum Gasteiger partial charge on any atom is -0.394 e. The number of hydrogen-bond acceptors (Lipinski definition) is 4. The number of carbonyl (C=O) groups excluding carboxylic acids is 1. The average molecular weight is 321 g/mol. The predicted molar refractivity (Wildman–Crippen MR) is 83.3 cm³/mol. The maximum absolute atomic E-state index is 13.1.